The molecule has 1 atom stereocenters. The van der Waals surface area contributed by atoms with Crippen LogP contribution in [0, 0.1) is 0 Å². The summed E-state index contributed by atoms with van der Waals surface area (Å²) in [5, 5.41) is 3.59. The number of carbonyl (C=O) groups is 1. The maximum absolute atomic E-state index is 13.2. The number of nitrogens with zero attached hydrogens (tertiary/aromatic N) is 1. The average molecular weight is 417 g/mol. The monoisotopic (exact) mass is 416 g/mol. The Hall–Kier alpha value is -3.47. The SMILES string of the molecule is CCCN1C(=O)c2ccccc2NC1(C)c1ccc(OCCOc2ccccc2)cc1. The summed E-state index contributed by atoms with van der Waals surface area (Å²) in [5.74, 6) is 1.66. The smallest absolute Gasteiger partial charge is 0.258 e. The Balaban J connectivity index is 1.46. The van der Waals surface area contributed by atoms with Crippen molar-refractivity contribution in [1.82, 2.24) is 4.90 Å². The predicted octanol–water partition coefficient (Wildman–Crippen LogP) is 5.30. The van der Waals surface area contributed by atoms with Crippen LogP contribution >= 0.6 is 0 Å². The molecule has 4 rings (SSSR count). The predicted molar refractivity (Wildman–Crippen MR) is 123 cm³/mol. The number of hydrogen-bond acceptors (Lipinski definition) is 4. The van der Waals surface area contributed by atoms with Crippen molar-refractivity contribution in [3.63, 3.8) is 0 Å². The van der Waals surface area contributed by atoms with Crippen LogP contribution in [0.15, 0.2) is 78.9 Å². The van der Waals surface area contributed by atoms with Gasteiger partial charge in [-0.25, -0.2) is 0 Å². The van der Waals surface area contributed by atoms with E-state index >= 15 is 0 Å². The summed E-state index contributed by atoms with van der Waals surface area (Å²) in [7, 11) is 0. The fourth-order valence-corrected chi connectivity index (χ4v) is 3.95. The average Bonchev–Trinajstić information content (AvgIpc) is 2.80. The van der Waals surface area contributed by atoms with Crippen LogP contribution in [0.4, 0.5) is 5.69 Å². The van der Waals surface area contributed by atoms with Crippen molar-refractivity contribution < 1.29 is 14.3 Å². The minimum Gasteiger partial charge on any atom is -0.490 e. The molecule has 31 heavy (non-hydrogen) atoms. The van der Waals surface area contributed by atoms with Gasteiger partial charge in [-0.1, -0.05) is 49.4 Å². The van der Waals surface area contributed by atoms with Gasteiger partial charge in [-0.3, -0.25) is 4.79 Å². The van der Waals surface area contributed by atoms with Gasteiger partial charge in [-0.05, 0) is 55.3 Å². The number of nitrogens with one attached hydrogen (secondary N) is 1. The molecule has 5 heteroatoms. The van der Waals surface area contributed by atoms with Gasteiger partial charge >= 0.3 is 0 Å². The highest BCUT2D eigenvalue weighted by Gasteiger charge is 2.41. The van der Waals surface area contributed by atoms with E-state index in [9.17, 15) is 4.79 Å². The molecule has 0 spiro atoms. The van der Waals surface area contributed by atoms with E-state index in [1.165, 1.54) is 0 Å². The van der Waals surface area contributed by atoms with Crippen molar-refractivity contribution in [2.45, 2.75) is 25.9 Å². The van der Waals surface area contributed by atoms with Crippen LogP contribution in [0.5, 0.6) is 11.5 Å². The van der Waals surface area contributed by atoms with Crippen molar-refractivity contribution in [2.24, 2.45) is 0 Å². The molecule has 0 aliphatic carbocycles. The first kappa shape index (κ1) is 20.8. The quantitative estimate of drug-likeness (QED) is 0.507. The second-order valence-electron chi connectivity index (χ2n) is 7.73. The van der Waals surface area contributed by atoms with Crippen LogP contribution < -0.4 is 14.8 Å². The highest BCUT2D eigenvalue weighted by Crippen LogP contribution is 2.38. The Morgan fingerprint density at radius 2 is 1.45 bits per heavy atom. The van der Waals surface area contributed by atoms with Crippen molar-refractivity contribution >= 4 is 11.6 Å². The third kappa shape index (κ3) is 4.36. The third-order valence-corrected chi connectivity index (χ3v) is 5.55. The van der Waals surface area contributed by atoms with Crippen LogP contribution in [-0.2, 0) is 5.66 Å². The van der Waals surface area contributed by atoms with E-state index in [-0.39, 0.29) is 5.91 Å². The Bertz CT molecular complexity index is 1020. The van der Waals surface area contributed by atoms with Crippen LogP contribution in [-0.4, -0.2) is 30.6 Å². The number of amides is 1. The largest absolute Gasteiger partial charge is 0.490 e. The fourth-order valence-electron chi connectivity index (χ4n) is 3.95. The van der Waals surface area contributed by atoms with Gasteiger partial charge in [0.05, 0.1) is 5.56 Å². The summed E-state index contributed by atoms with van der Waals surface area (Å²) in [6.07, 6.45) is 0.883. The lowest BCUT2D eigenvalue weighted by Gasteiger charge is -2.46. The Kier molecular flexibility index (Phi) is 6.12. The first-order chi connectivity index (χ1) is 15.1. The maximum atomic E-state index is 13.2. The molecule has 3 aromatic rings. The molecule has 0 aromatic heterocycles. The molecule has 1 heterocycles. The molecule has 3 aromatic carbocycles. The molecule has 0 radical (unpaired) electrons. The van der Waals surface area contributed by atoms with Crippen molar-refractivity contribution in [3.05, 3.63) is 90.0 Å². The standard InChI is InChI=1S/C26H28N2O3/c1-3-17-28-25(29)23-11-7-8-12-24(23)27-26(28,2)20-13-15-22(16-14-20)31-19-18-30-21-9-5-4-6-10-21/h4-16,27H,3,17-19H2,1-2H3. The van der Waals surface area contributed by atoms with Crippen LogP contribution in [0.3, 0.4) is 0 Å². The van der Waals surface area contributed by atoms with E-state index in [0.717, 1.165) is 29.2 Å². The Morgan fingerprint density at radius 1 is 0.839 bits per heavy atom. The highest BCUT2D eigenvalue weighted by molar-refractivity contribution is 6.02. The summed E-state index contributed by atoms with van der Waals surface area (Å²) in [4.78, 5) is 15.1. The molecule has 0 saturated heterocycles. The van der Waals surface area contributed by atoms with Crippen molar-refractivity contribution in [2.75, 3.05) is 25.1 Å². The number of hydrogen-bond donors (Lipinski definition) is 1. The second kappa shape index (κ2) is 9.13. The number of para-hydroxylation sites is 2. The van der Waals surface area contributed by atoms with E-state index in [2.05, 4.69) is 19.2 Å². The van der Waals surface area contributed by atoms with Gasteiger partial charge in [0.15, 0.2) is 0 Å². The van der Waals surface area contributed by atoms with Gasteiger partial charge in [0, 0.05) is 12.2 Å². The zero-order valence-corrected chi connectivity index (χ0v) is 18.0. The number of rotatable bonds is 8. The van der Waals surface area contributed by atoms with Crippen LogP contribution in [0.25, 0.3) is 0 Å². The first-order valence-corrected chi connectivity index (χ1v) is 10.7. The van der Waals surface area contributed by atoms with Gasteiger partial charge < -0.3 is 19.7 Å². The van der Waals surface area contributed by atoms with Gasteiger partial charge in [-0.2, -0.15) is 0 Å². The summed E-state index contributed by atoms with van der Waals surface area (Å²) in [5.41, 5.74) is 1.96. The maximum Gasteiger partial charge on any atom is 0.258 e. The third-order valence-electron chi connectivity index (χ3n) is 5.55. The van der Waals surface area contributed by atoms with Crippen LogP contribution in [0.1, 0.15) is 36.2 Å². The van der Waals surface area contributed by atoms with Crippen LogP contribution in [0.2, 0.25) is 0 Å². The van der Waals surface area contributed by atoms with Gasteiger partial charge in [0.2, 0.25) is 0 Å². The molecule has 1 amide bonds. The van der Waals surface area contributed by atoms with E-state index in [4.69, 9.17) is 9.47 Å². The van der Waals surface area contributed by atoms with E-state index in [1.54, 1.807) is 0 Å². The zero-order chi connectivity index (χ0) is 21.7. The number of anilines is 1. The fraction of sp³-hybridized carbons (Fsp3) is 0.269. The summed E-state index contributed by atoms with van der Waals surface area (Å²) >= 11 is 0. The number of ether oxygens (including phenoxy) is 2. The number of fused-ring (bicyclic) bond motifs is 1. The first-order valence-electron chi connectivity index (χ1n) is 10.7. The minimum atomic E-state index is -0.629. The van der Waals surface area contributed by atoms with E-state index in [1.807, 2.05) is 83.8 Å². The Morgan fingerprint density at radius 3 is 2.13 bits per heavy atom. The van der Waals surface area contributed by atoms with Crippen molar-refractivity contribution in [1.29, 1.82) is 0 Å². The lowest BCUT2D eigenvalue weighted by Crippen LogP contribution is -2.56. The summed E-state index contributed by atoms with van der Waals surface area (Å²) in [6, 6.07) is 25.3. The molecule has 1 unspecified atom stereocenters. The van der Waals surface area contributed by atoms with Gasteiger partial charge in [-0.15, -0.1) is 0 Å². The molecule has 1 aliphatic rings. The Labute approximate surface area is 183 Å². The summed E-state index contributed by atoms with van der Waals surface area (Å²) < 4.78 is 11.5. The normalized spacial score (nSPS) is 17.6. The molecule has 160 valence electrons. The molecule has 0 fully saturated rings. The molecule has 0 bridgehead atoms. The van der Waals surface area contributed by atoms with E-state index in [0.29, 0.717) is 25.3 Å². The molecular formula is C26H28N2O3. The van der Waals surface area contributed by atoms with Crippen molar-refractivity contribution in [3.8, 4) is 11.5 Å². The van der Waals surface area contributed by atoms with Gasteiger partial charge in [0.1, 0.15) is 30.4 Å². The molecule has 1 aliphatic heterocycles. The molecule has 5 nitrogen and oxygen atoms in total. The lowest BCUT2D eigenvalue weighted by atomic mass is 9.93. The molecule has 1 N–H and O–H groups in total. The summed E-state index contributed by atoms with van der Waals surface area (Å²) in [6.45, 7) is 5.74. The highest BCUT2D eigenvalue weighted by atomic mass is 16.5. The number of carbonyl (C=O) groups excluding carboxylic acids is 1. The van der Waals surface area contributed by atoms with Gasteiger partial charge in [0.25, 0.3) is 5.91 Å². The number of benzene rings is 3. The lowest BCUT2D eigenvalue weighted by molar-refractivity contribution is 0.0535. The second-order valence-corrected chi connectivity index (χ2v) is 7.73. The molecular weight excluding hydrogens is 388 g/mol. The zero-order valence-electron chi connectivity index (χ0n) is 18.0. The topological polar surface area (TPSA) is 50.8 Å². The van der Waals surface area contributed by atoms with E-state index < -0.39 is 5.66 Å². The molecule has 0 saturated carbocycles. The minimum absolute atomic E-state index is 0.0529.